The molecule has 1 aromatic rings. The lowest BCUT2D eigenvalue weighted by Crippen LogP contribution is -2.21. The SMILES string of the molecule is C[Si](C)Oc1c(C(=O)O)cc(C(=O)O)cc1C(C)(C)C. The summed E-state index contributed by atoms with van der Waals surface area (Å²) in [5.74, 6) is -2.05. The van der Waals surface area contributed by atoms with Gasteiger partial charge in [0.25, 0.3) is 9.04 Å². The van der Waals surface area contributed by atoms with Crippen LogP contribution in [0.3, 0.4) is 0 Å². The van der Waals surface area contributed by atoms with Crippen LogP contribution in [0.2, 0.25) is 13.1 Å². The standard InChI is InChI=1S/C14H19O5Si/c1-14(2,3)10-7-8(12(15)16)6-9(13(17)18)11(10)19-20(4)5/h6-7H,1-5H3,(H,15,16)(H,17,18). The van der Waals surface area contributed by atoms with Gasteiger partial charge in [0.15, 0.2) is 0 Å². The molecule has 109 valence electrons. The largest absolute Gasteiger partial charge is 0.542 e. The Bertz CT molecular complexity index is 543. The van der Waals surface area contributed by atoms with Crippen molar-refractivity contribution in [3.8, 4) is 5.75 Å². The van der Waals surface area contributed by atoms with E-state index in [1.54, 1.807) is 0 Å². The fourth-order valence-electron chi connectivity index (χ4n) is 1.78. The van der Waals surface area contributed by atoms with Gasteiger partial charge in [0.05, 0.1) is 5.56 Å². The molecule has 1 radical (unpaired) electrons. The first kappa shape index (κ1) is 16.2. The number of hydrogen-bond acceptors (Lipinski definition) is 3. The molecule has 2 N–H and O–H groups in total. The number of aromatic carboxylic acids is 2. The molecule has 0 fully saturated rings. The average Bonchev–Trinajstić information content (AvgIpc) is 2.25. The first-order chi connectivity index (χ1) is 9.04. The Balaban J connectivity index is 3.67. The van der Waals surface area contributed by atoms with Crippen LogP contribution in [0, 0.1) is 0 Å². The molecule has 0 aliphatic carbocycles. The Morgan fingerprint density at radius 3 is 2.00 bits per heavy atom. The second kappa shape index (κ2) is 5.66. The Morgan fingerprint density at radius 1 is 1.10 bits per heavy atom. The van der Waals surface area contributed by atoms with Crippen molar-refractivity contribution in [2.75, 3.05) is 0 Å². The molecule has 0 aliphatic rings. The lowest BCUT2D eigenvalue weighted by Gasteiger charge is -2.25. The van der Waals surface area contributed by atoms with Gasteiger partial charge in [-0.15, -0.1) is 0 Å². The third kappa shape index (κ3) is 3.60. The molecule has 0 atom stereocenters. The minimum atomic E-state index is -1.18. The van der Waals surface area contributed by atoms with Crippen molar-refractivity contribution in [1.82, 2.24) is 0 Å². The summed E-state index contributed by atoms with van der Waals surface area (Å²) in [6, 6.07) is 2.65. The van der Waals surface area contributed by atoms with Crippen LogP contribution in [0.1, 0.15) is 47.1 Å². The number of carboxylic acids is 2. The lowest BCUT2D eigenvalue weighted by molar-refractivity contribution is 0.0694. The van der Waals surface area contributed by atoms with Crippen LogP contribution in [0.15, 0.2) is 12.1 Å². The predicted molar refractivity (Wildman–Crippen MR) is 77.2 cm³/mol. The molecule has 0 heterocycles. The van der Waals surface area contributed by atoms with Crippen molar-refractivity contribution in [3.05, 3.63) is 28.8 Å². The van der Waals surface area contributed by atoms with E-state index >= 15 is 0 Å². The summed E-state index contributed by atoms with van der Waals surface area (Å²) in [7, 11) is -1.17. The molecule has 0 saturated carbocycles. The van der Waals surface area contributed by atoms with Gasteiger partial charge in [-0.2, -0.15) is 0 Å². The minimum Gasteiger partial charge on any atom is -0.542 e. The van der Waals surface area contributed by atoms with E-state index in [4.69, 9.17) is 9.53 Å². The van der Waals surface area contributed by atoms with Crippen LogP contribution in [0.25, 0.3) is 0 Å². The van der Waals surface area contributed by atoms with E-state index in [0.717, 1.165) is 6.07 Å². The predicted octanol–water partition coefficient (Wildman–Crippen LogP) is 3.01. The van der Waals surface area contributed by atoms with Crippen molar-refractivity contribution in [3.63, 3.8) is 0 Å². The van der Waals surface area contributed by atoms with Gasteiger partial charge < -0.3 is 14.6 Å². The third-order valence-corrected chi connectivity index (χ3v) is 3.29. The van der Waals surface area contributed by atoms with E-state index in [-0.39, 0.29) is 16.9 Å². The van der Waals surface area contributed by atoms with Gasteiger partial charge in [0.1, 0.15) is 11.3 Å². The van der Waals surface area contributed by atoms with E-state index in [0.29, 0.717) is 5.56 Å². The van der Waals surface area contributed by atoms with Crippen LogP contribution in [-0.2, 0) is 5.41 Å². The molecule has 5 nitrogen and oxygen atoms in total. The number of carbonyl (C=O) groups is 2. The van der Waals surface area contributed by atoms with Crippen LogP contribution in [0.4, 0.5) is 0 Å². The molecule has 0 spiro atoms. The normalized spacial score (nSPS) is 11.5. The van der Waals surface area contributed by atoms with Gasteiger partial charge >= 0.3 is 11.9 Å². The van der Waals surface area contributed by atoms with Crippen LogP contribution >= 0.6 is 0 Å². The monoisotopic (exact) mass is 295 g/mol. The average molecular weight is 295 g/mol. The third-order valence-electron chi connectivity index (χ3n) is 2.68. The molecule has 0 amide bonds. The van der Waals surface area contributed by atoms with Gasteiger partial charge in [-0.25, -0.2) is 9.59 Å². The summed E-state index contributed by atoms with van der Waals surface area (Å²) in [5.41, 5.74) is 0.0464. The zero-order valence-corrected chi connectivity index (χ0v) is 13.3. The fraction of sp³-hybridized carbons (Fsp3) is 0.429. The zero-order chi connectivity index (χ0) is 15.7. The van der Waals surface area contributed by atoms with E-state index in [2.05, 4.69) is 0 Å². The first-order valence-corrected chi connectivity index (χ1v) is 8.58. The minimum absolute atomic E-state index is 0.0411. The van der Waals surface area contributed by atoms with Crippen molar-refractivity contribution in [1.29, 1.82) is 0 Å². The number of rotatable bonds is 4. The van der Waals surface area contributed by atoms with E-state index in [1.165, 1.54) is 6.07 Å². The fourth-order valence-corrected chi connectivity index (χ4v) is 2.41. The molecule has 6 heteroatoms. The Labute approximate surface area is 119 Å². The Morgan fingerprint density at radius 2 is 1.65 bits per heavy atom. The molecule has 0 bridgehead atoms. The van der Waals surface area contributed by atoms with Crippen LogP contribution < -0.4 is 4.43 Å². The molecular weight excluding hydrogens is 276 g/mol. The van der Waals surface area contributed by atoms with Crippen molar-refractivity contribution in [2.45, 2.75) is 39.3 Å². The topological polar surface area (TPSA) is 83.8 Å². The first-order valence-electron chi connectivity index (χ1n) is 6.17. The highest BCUT2D eigenvalue weighted by molar-refractivity contribution is 6.49. The maximum Gasteiger partial charge on any atom is 0.339 e. The summed E-state index contributed by atoms with van der Waals surface area (Å²) >= 11 is 0. The summed E-state index contributed by atoms with van der Waals surface area (Å²) in [6.07, 6.45) is 0. The number of carboxylic acid groups (broad SMARTS) is 2. The van der Waals surface area contributed by atoms with Crippen molar-refractivity contribution < 1.29 is 24.2 Å². The maximum absolute atomic E-state index is 11.4. The Hall–Kier alpha value is -1.82. The quantitative estimate of drug-likeness (QED) is 0.834. The van der Waals surface area contributed by atoms with Gasteiger partial charge in [-0.3, -0.25) is 0 Å². The van der Waals surface area contributed by atoms with Crippen molar-refractivity contribution >= 4 is 21.0 Å². The zero-order valence-electron chi connectivity index (χ0n) is 12.3. The van der Waals surface area contributed by atoms with E-state index < -0.39 is 26.4 Å². The molecule has 0 saturated heterocycles. The van der Waals surface area contributed by atoms with E-state index in [1.807, 2.05) is 33.9 Å². The molecule has 1 aromatic carbocycles. The second-order valence-electron chi connectivity index (χ2n) is 5.77. The second-order valence-corrected chi connectivity index (χ2v) is 7.79. The summed E-state index contributed by atoms with van der Waals surface area (Å²) < 4.78 is 5.73. The lowest BCUT2D eigenvalue weighted by atomic mass is 9.84. The highest BCUT2D eigenvalue weighted by Gasteiger charge is 2.27. The maximum atomic E-state index is 11.4. The van der Waals surface area contributed by atoms with Gasteiger partial charge in [-0.1, -0.05) is 20.8 Å². The molecule has 20 heavy (non-hydrogen) atoms. The highest BCUT2D eigenvalue weighted by atomic mass is 28.3. The summed E-state index contributed by atoms with van der Waals surface area (Å²) in [6.45, 7) is 9.47. The molecule has 0 unspecified atom stereocenters. The van der Waals surface area contributed by atoms with E-state index in [9.17, 15) is 14.7 Å². The van der Waals surface area contributed by atoms with Gasteiger partial charge in [0, 0.05) is 0 Å². The van der Waals surface area contributed by atoms with Crippen LogP contribution in [-0.4, -0.2) is 31.2 Å². The van der Waals surface area contributed by atoms with Gasteiger partial charge in [0.2, 0.25) is 0 Å². The summed E-state index contributed by atoms with van der Waals surface area (Å²) in [5, 5.41) is 18.4. The summed E-state index contributed by atoms with van der Waals surface area (Å²) in [4.78, 5) is 22.6. The van der Waals surface area contributed by atoms with Crippen molar-refractivity contribution in [2.24, 2.45) is 0 Å². The Kier molecular flexibility index (Phi) is 4.60. The molecular formula is C14H19O5Si. The van der Waals surface area contributed by atoms with Crippen LogP contribution in [0.5, 0.6) is 5.75 Å². The molecule has 1 rings (SSSR count). The number of benzene rings is 1. The number of hydrogen-bond donors (Lipinski definition) is 2. The highest BCUT2D eigenvalue weighted by Crippen LogP contribution is 2.36. The molecule has 0 aromatic heterocycles. The molecule has 0 aliphatic heterocycles. The van der Waals surface area contributed by atoms with Gasteiger partial charge in [-0.05, 0) is 36.2 Å². The smallest absolute Gasteiger partial charge is 0.339 e.